The van der Waals surface area contributed by atoms with E-state index < -0.39 is 11.9 Å². The standard InChI is InChI=1S/C14H15NO2/c15-9-13(14(16)17)8-10-5-6-11-3-1-2-4-12(11)7-10/h1-7,13H,8-9,15H2,(H,16,17)/t13-/m0/s1. The number of carbonyl (C=O) groups is 1. The number of benzene rings is 2. The number of quaternary nitrogens is 1. The monoisotopic (exact) mass is 229 g/mol. The predicted molar refractivity (Wildman–Crippen MR) is 63.9 cm³/mol. The Morgan fingerprint density at radius 1 is 1.18 bits per heavy atom. The molecule has 1 atom stereocenters. The Bertz CT molecular complexity index is 536. The highest BCUT2D eigenvalue weighted by Crippen LogP contribution is 2.17. The molecule has 0 saturated carbocycles. The van der Waals surface area contributed by atoms with E-state index in [2.05, 4.69) is 5.73 Å². The Kier molecular flexibility index (Phi) is 3.40. The molecule has 0 unspecified atom stereocenters. The van der Waals surface area contributed by atoms with Crippen molar-refractivity contribution in [2.45, 2.75) is 6.42 Å². The number of carboxylic acids is 1. The zero-order chi connectivity index (χ0) is 12.3. The topological polar surface area (TPSA) is 67.8 Å². The highest BCUT2D eigenvalue weighted by Gasteiger charge is 2.11. The highest BCUT2D eigenvalue weighted by molar-refractivity contribution is 5.83. The molecule has 0 heterocycles. The van der Waals surface area contributed by atoms with Gasteiger partial charge in [-0.1, -0.05) is 42.5 Å². The fourth-order valence-electron chi connectivity index (χ4n) is 1.95. The zero-order valence-corrected chi connectivity index (χ0v) is 9.56. The van der Waals surface area contributed by atoms with Gasteiger partial charge in [0.05, 0.1) is 18.4 Å². The van der Waals surface area contributed by atoms with E-state index >= 15 is 0 Å². The Hall–Kier alpha value is -1.87. The van der Waals surface area contributed by atoms with Gasteiger partial charge in [0.1, 0.15) is 0 Å². The first kappa shape index (κ1) is 11.6. The second-order valence-corrected chi connectivity index (χ2v) is 4.19. The number of hydrogen-bond donors (Lipinski definition) is 1. The van der Waals surface area contributed by atoms with Gasteiger partial charge < -0.3 is 15.6 Å². The summed E-state index contributed by atoms with van der Waals surface area (Å²) in [6.45, 7) is 0.356. The molecular weight excluding hydrogens is 214 g/mol. The van der Waals surface area contributed by atoms with Crippen molar-refractivity contribution in [3.8, 4) is 0 Å². The normalized spacial score (nSPS) is 12.5. The third-order valence-electron chi connectivity index (χ3n) is 2.98. The van der Waals surface area contributed by atoms with Gasteiger partial charge >= 0.3 is 0 Å². The number of aliphatic carboxylic acids is 1. The van der Waals surface area contributed by atoms with Crippen LogP contribution in [0.5, 0.6) is 0 Å². The molecule has 88 valence electrons. The molecule has 0 spiro atoms. The summed E-state index contributed by atoms with van der Waals surface area (Å²) in [5.74, 6) is -1.52. The third kappa shape index (κ3) is 2.63. The van der Waals surface area contributed by atoms with Crippen LogP contribution < -0.4 is 10.8 Å². The van der Waals surface area contributed by atoms with E-state index in [0.29, 0.717) is 13.0 Å². The van der Waals surface area contributed by atoms with Gasteiger partial charge in [0.15, 0.2) is 0 Å². The molecule has 0 aliphatic heterocycles. The molecule has 3 N–H and O–H groups in total. The first-order valence-electron chi connectivity index (χ1n) is 5.68. The first-order valence-corrected chi connectivity index (χ1v) is 5.68. The lowest BCUT2D eigenvalue weighted by molar-refractivity contribution is -0.387. The van der Waals surface area contributed by atoms with Crippen molar-refractivity contribution in [3.63, 3.8) is 0 Å². The SMILES string of the molecule is [NH3+]C[C@H](Cc1ccc2ccccc2c1)C(=O)[O-]. The minimum absolute atomic E-state index is 0.356. The molecule has 0 aliphatic carbocycles. The fraction of sp³-hybridized carbons (Fsp3) is 0.214. The molecule has 0 radical (unpaired) electrons. The van der Waals surface area contributed by atoms with Crippen LogP contribution in [0, 0.1) is 5.92 Å². The minimum atomic E-state index is -1.02. The summed E-state index contributed by atoms with van der Waals surface area (Å²) in [5.41, 5.74) is 4.66. The van der Waals surface area contributed by atoms with E-state index in [4.69, 9.17) is 0 Å². The molecule has 2 rings (SSSR count). The largest absolute Gasteiger partial charge is 0.550 e. The second kappa shape index (κ2) is 4.97. The maximum absolute atomic E-state index is 10.8. The Balaban J connectivity index is 2.27. The van der Waals surface area contributed by atoms with Crippen LogP contribution in [0.25, 0.3) is 10.8 Å². The smallest absolute Gasteiger partial charge is 0.0824 e. The quantitative estimate of drug-likeness (QED) is 0.801. The van der Waals surface area contributed by atoms with E-state index in [1.54, 1.807) is 0 Å². The van der Waals surface area contributed by atoms with Crippen molar-refractivity contribution in [2.75, 3.05) is 6.54 Å². The third-order valence-corrected chi connectivity index (χ3v) is 2.98. The van der Waals surface area contributed by atoms with Gasteiger partial charge in [0, 0.05) is 0 Å². The summed E-state index contributed by atoms with van der Waals surface area (Å²) < 4.78 is 0. The van der Waals surface area contributed by atoms with Crippen molar-refractivity contribution < 1.29 is 15.6 Å². The van der Waals surface area contributed by atoms with Crippen molar-refractivity contribution in [2.24, 2.45) is 5.92 Å². The molecule has 0 aromatic heterocycles. The summed E-state index contributed by atoms with van der Waals surface area (Å²) in [6, 6.07) is 14.0. The zero-order valence-electron chi connectivity index (χ0n) is 9.56. The number of carbonyl (C=O) groups excluding carboxylic acids is 1. The van der Waals surface area contributed by atoms with Gasteiger partial charge in [-0.05, 0) is 22.8 Å². The average Bonchev–Trinajstić information content (AvgIpc) is 2.35. The van der Waals surface area contributed by atoms with E-state index in [0.717, 1.165) is 16.3 Å². The first-order chi connectivity index (χ1) is 8.20. The molecule has 0 amide bonds. The van der Waals surface area contributed by atoms with Crippen LogP contribution >= 0.6 is 0 Å². The van der Waals surface area contributed by atoms with E-state index in [9.17, 15) is 9.90 Å². The Labute approximate surface area is 99.9 Å². The lowest BCUT2D eigenvalue weighted by Gasteiger charge is -2.14. The number of rotatable bonds is 4. The Morgan fingerprint density at radius 3 is 2.53 bits per heavy atom. The average molecular weight is 229 g/mol. The fourth-order valence-corrected chi connectivity index (χ4v) is 1.95. The summed E-state index contributed by atoms with van der Waals surface area (Å²) >= 11 is 0. The molecule has 17 heavy (non-hydrogen) atoms. The number of hydrogen-bond acceptors (Lipinski definition) is 2. The summed E-state index contributed by atoms with van der Waals surface area (Å²) in [4.78, 5) is 10.8. The predicted octanol–water partition coefficient (Wildman–Crippen LogP) is -0.00970. The van der Waals surface area contributed by atoms with Gasteiger partial charge in [0.25, 0.3) is 0 Å². The van der Waals surface area contributed by atoms with Gasteiger partial charge in [0.2, 0.25) is 0 Å². The lowest BCUT2D eigenvalue weighted by Crippen LogP contribution is -2.57. The molecule has 3 heteroatoms. The van der Waals surface area contributed by atoms with Crippen molar-refractivity contribution in [1.29, 1.82) is 0 Å². The second-order valence-electron chi connectivity index (χ2n) is 4.19. The van der Waals surface area contributed by atoms with Crippen LogP contribution in [0.1, 0.15) is 5.56 Å². The molecule has 0 bridgehead atoms. The van der Waals surface area contributed by atoms with Crippen LogP contribution in [0.4, 0.5) is 0 Å². The van der Waals surface area contributed by atoms with Crippen LogP contribution in [-0.4, -0.2) is 12.5 Å². The van der Waals surface area contributed by atoms with Crippen molar-refractivity contribution in [3.05, 3.63) is 48.0 Å². The van der Waals surface area contributed by atoms with Gasteiger partial charge in [-0.3, -0.25) is 0 Å². The van der Waals surface area contributed by atoms with E-state index in [1.165, 1.54) is 0 Å². The van der Waals surface area contributed by atoms with Gasteiger partial charge in [-0.2, -0.15) is 0 Å². The van der Waals surface area contributed by atoms with Crippen LogP contribution in [0.2, 0.25) is 0 Å². The molecule has 2 aromatic rings. The van der Waals surface area contributed by atoms with Crippen molar-refractivity contribution in [1.82, 2.24) is 0 Å². The van der Waals surface area contributed by atoms with Crippen LogP contribution in [0.3, 0.4) is 0 Å². The molecular formula is C14H15NO2. The maximum atomic E-state index is 10.8. The van der Waals surface area contributed by atoms with E-state index in [1.807, 2.05) is 42.5 Å². The molecule has 3 nitrogen and oxygen atoms in total. The van der Waals surface area contributed by atoms with Crippen LogP contribution in [0.15, 0.2) is 42.5 Å². The number of fused-ring (bicyclic) bond motifs is 1. The summed E-state index contributed by atoms with van der Waals surface area (Å²) in [6.07, 6.45) is 0.483. The molecule has 0 fully saturated rings. The van der Waals surface area contributed by atoms with Gasteiger partial charge in [-0.15, -0.1) is 0 Å². The Morgan fingerprint density at radius 2 is 1.88 bits per heavy atom. The molecule has 0 saturated heterocycles. The highest BCUT2D eigenvalue weighted by atomic mass is 16.4. The summed E-state index contributed by atoms with van der Waals surface area (Å²) in [7, 11) is 0. The molecule has 0 aliphatic rings. The summed E-state index contributed by atoms with van der Waals surface area (Å²) in [5, 5.41) is 13.1. The number of carboxylic acid groups (broad SMARTS) is 1. The van der Waals surface area contributed by atoms with Crippen molar-refractivity contribution >= 4 is 16.7 Å². The van der Waals surface area contributed by atoms with Gasteiger partial charge in [-0.25, -0.2) is 0 Å². The van der Waals surface area contributed by atoms with E-state index in [-0.39, 0.29) is 0 Å². The lowest BCUT2D eigenvalue weighted by atomic mass is 9.97. The van der Waals surface area contributed by atoms with Crippen LogP contribution in [-0.2, 0) is 11.2 Å². The minimum Gasteiger partial charge on any atom is -0.550 e. The molecule has 2 aromatic carbocycles. The maximum Gasteiger partial charge on any atom is 0.0824 e.